The predicted molar refractivity (Wildman–Crippen MR) is 110 cm³/mol. The van der Waals surface area contributed by atoms with E-state index in [1.54, 1.807) is 6.20 Å². The maximum Gasteiger partial charge on any atom is 0.249 e. The number of benzene rings is 1. The van der Waals surface area contributed by atoms with Gasteiger partial charge < -0.3 is 5.32 Å². The molecule has 2 amide bonds. The van der Waals surface area contributed by atoms with Gasteiger partial charge >= 0.3 is 0 Å². The molecule has 0 aliphatic rings. The number of aromatic nitrogens is 2. The molecule has 2 heterocycles. The molecule has 27 heavy (non-hydrogen) atoms. The van der Waals surface area contributed by atoms with Gasteiger partial charge in [0, 0.05) is 22.0 Å². The van der Waals surface area contributed by atoms with Crippen molar-refractivity contribution in [1.29, 1.82) is 0 Å². The van der Waals surface area contributed by atoms with Crippen LogP contribution in [0.4, 0.5) is 10.3 Å². The molecule has 6 nitrogen and oxygen atoms in total. The maximum absolute atomic E-state index is 12.3. The molecule has 0 aliphatic heterocycles. The minimum Gasteiger partial charge on any atom is -0.302 e. The first-order valence-electron chi connectivity index (χ1n) is 8.30. The Kier molecular flexibility index (Phi) is 6.10. The minimum absolute atomic E-state index is 0.110. The summed E-state index contributed by atoms with van der Waals surface area (Å²) in [6, 6.07) is 7.63. The molecule has 1 aromatic carbocycles. The Bertz CT molecular complexity index is 978. The third-order valence-electron chi connectivity index (χ3n) is 3.66. The Balaban J connectivity index is 1.67. The zero-order valence-corrected chi connectivity index (χ0v) is 16.3. The van der Waals surface area contributed by atoms with E-state index in [9.17, 15) is 9.59 Å². The van der Waals surface area contributed by atoms with Crippen LogP contribution in [0.25, 0.3) is 11.3 Å². The summed E-state index contributed by atoms with van der Waals surface area (Å²) in [4.78, 5) is 33.4. The fourth-order valence-electron chi connectivity index (χ4n) is 2.34. The van der Waals surface area contributed by atoms with Gasteiger partial charge in [0.05, 0.1) is 12.1 Å². The van der Waals surface area contributed by atoms with E-state index < -0.39 is 0 Å². The normalized spacial score (nSPS) is 10.4. The monoisotopic (exact) mass is 398 g/mol. The molecule has 0 unspecified atom stereocenters. The second kappa shape index (κ2) is 8.70. The summed E-state index contributed by atoms with van der Waals surface area (Å²) in [7, 11) is 0. The number of hydrogen-bond acceptors (Lipinski definition) is 6. The predicted octanol–water partition coefficient (Wildman–Crippen LogP) is 4.13. The molecule has 8 heteroatoms. The van der Waals surface area contributed by atoms with Gasteiger partial charge in [0.2, 0.25) is 11.8 Å². The number of rotatable bonds is 7. The highest BCUT2D eigenvalue weighted by molar-refractivity contribution is 7.15. The largest absolute Gasteiger partial charge is 0.302 e. The fourth-order valence-corrected chi connectivity index (χ4v) is 3.83. The topological polar surface area (TPSA) is 84.0 Å². The fraction of sp³-hybridized carbons (Fsp3) is 0.158. The van der Waals surface area contributed by atoms with Gasteiger partial charge in [-0.05, 0) is 24.1 Å². The van der Waals surface area contributed by atoms with Crippen LogP contribution >= 0.6 is 22.7 Å². The number of thiazole rings is 2. The first kappa shape index (κ1) is 18.9. The summed E-state index contributed by atoms with van der Waals surface area (Å²) in [5.74, 6) is -0.406. The lowest BCUT2D eigenvalue weighted by Crippen LogP contribution is -2.14. The highest BCUT2D eigenvalue weighted by Crippen LogP contribution is 2.26. The molecular weight excluding hydrogens is 380 g/mol. The summed E-state index contributed by atoms with van der Waals surface area (Å²) < 4.78 is 0. The molecule has 0 saturated heterocycles. The van der Waals surface area contributed by atoms with Crippen molar-refractivity contribution in [1.82, 2.24) is 9.97 Å². The van der Waals surface area contributed by atoms with Gasteiger partial charge in [-0.2, -0.15) is 0 Å². The Morgan fingerprint density at radius 2 is 2.11 bits per heavy atom. The molecule has 0 saturated carbocycles. The van der Waals surface area contributed by atoms with E-state index in [0.29, 0.717) is 10.3 Å². The zero-order chi connectivity index (χ0) is 19.2. The summed E-state index contributed by atoms with van der Waals surface area (Å²) in [6.45, 7) is 5.47. The Labute approximate surface area is 165 Å². The Hall–Kier alpha value is -2.84. The first-order chi connectivity index (χ1) is 13.1. The summed E-state index contributed by atoms with van der Waals surface area (Å²) in [5, 5.41) is 8.47. The van der Waals surface area contributed by atoms with E-state index in [1.165, 1.54) is 28.7 Å². The molecule has 0 spiro atoms. The molecule has 0 radical (unpaired) electrons. The second-order valence-corrected chi connectivity index (χ2v) is 7.62. The van der Waals surface area contributed by atoms with Crippen molar-refractivity contribution in [3.05, 3.63) is 58.9 Å². The number of carbonyl (C=O) groups is 2. The first-order valence-corrected chi connectivity index (χ1v) is 9.99. The van der Waals surface area contributed by atoms with Crippen LogP contribution in [0.2, 0.25) is 0 Å². The van der Waals surface area contributed by atoms with Crippen LogP contribution in [0.3, 0.4) is 0 Å². The second-order valence-electron chi connectivity index (χ2n) is 5.64. The molecule has 0 fully saturated rings. The lowest BCUT2D eigenvalue weighted by molar-refractivity contribution is -0.115. The number of nitrogens with one attached hydrogen (secondary N) is 2. The van der Waals surface area contributed by atoms with Crippen LogP contribution in [0.5, 0.6) is 0 Å². The average molecular weight is 399 g/mol. The van der Waals surface area contributed by atoms with E-state index in [1.807, 2.05) is 29.6 Å². The Morgan fingerprint density at radius 1 is 1.26 bits per heavy atom. The van der Waals surface area contributed by atoms with E-state index in [4.69, 9.17) is 0 Å². The van der Waals surface area contributed by atoms with Crippen molar-refractivity contribution in [2.45, 2.75) is 19.8 Å². The minimum atomic E-state index is -0.297. The van der Waals surface area contributed by atoms with Crippen LogP contribution in [0, 0.1) is 0 Å². The molecule has 0 aliphatic carbocycles. The van der Waals surface area contributed by atoms with Crippen molar-refractivity contribution >= 4 is 44.8 Å². The average Bonchev–Trinajstić information content (AvgIpc) is 3.31. The number of hydrogen-bond donors (Lipinski definition) is 2. The van der Waals surface area contributed by atoms with Crippen molar-refractivity contribution in [2.24, 2.45) is 0 Å². The number of carbonyl (C=O) groups excluding carboxylic acids is 2. The van der Waals surface area contributed by atoms with Crippen LogP contribution in [-0.4, -0.2) is 21.8 Å². The van der Waals surface area contributed by atoms with E-state index in [0.717, 1.165) is 28.1 Å². The van der Waals surface area contributed by atoms with Crippen molar-refractivity contribution in [3.63, 3.8) is 0 Å². The highest BCUT2D eigenvalue weighted by atomic mass is 32.1. The smallest absolute Gasteiger partial charge is 0.249 e. The van der Waals surface area contributed by atoms with Gasteiger partial charge in [-0.3, -0.25) is 14.9 Å². The van der Waals surface area contributed by atoms with E-state index in [-0.39, 0.29) is 18.2 Å². The number of nitrogens with zero attached hydrogens (tertiary/aromatic N) is 2. The zero-order valence-electron chi connectivity index (χ0n) is 14.7. The lowest BCUT2D eigenvalue weighted by Gasteiger charge is -2.04. The van der Waals surface area contributed by atoms with Gasteiger partial charge in [0.25, 0.3) is 0 Å². The molecular formula is C19H18N4O2S2. The van der Waals surface area contributed by atoms with Crippen LogP contribution in [-0.2, 0) is 22.4 Å². The van der Waals surface area contributed by atoms with Crippen molar-refractivity contribution in [2.75, 3.05) is 10.6 Å². The molecule has 3 rings (SSSR count). The Morgan fingerprint density at radius 3 is 2.85 bits per heavy atom. The lowest BCUT2D eigenvalue weighted by atomic mass is 10.1. The van der Waals surface area contributed by atoms with Crippen LogP contribution < -0.4 is 10.6 Å². The quantitative estimate of drug-likeness (QED) is 0.586. The number of anilines is 2. The summed E-state index contributed by atoms with van der Waals surface area (Å²) in [6.07, 6.45) is 4.13. The molecule has 0 atom stereocenters. The molecule has 0 bridgehead atoms. The summed E-state index contributed by atoms with van der Waals surface area (Å²) >= 11 is 2.83. The van der Waals surface area contributed by atoms with Crippen molar-refractivity contribution < 1.29 is 9.59 Å². The SMILES string of the molecule is C=CC(=O)Nc1nc(-c2cccc(CC(=O)Nc3ncc(CC)s3)c2)cs1. The third-order valence-corrected chi connectivity index (χ3v) is 5.47. The van der Waals surface area contributed by atoms with Crippen LogP contribution in [0.1, 0.15) is 17.4 Å². The highest BCUT2D eigenvalue weighted by Gasteiger charge is 2.10. The van der Waals surface area contributed by atoms with Gasteiger partial charge in [-0.15, -0.1) is 22.7 Å². The van der Waals surface area contributed by atoms with Gasteiger partial charge in [0.15, 0.2) is 10.3 Å². The molecule has 2 aromatic heterocycles. The van der Waals surface area contributed by atoms with Gasteiger partial charge in [-0.25, -0.2) is 9.97 Å². The molecule has 3 aromatic rings. The molecule has 2 N–H and O–H groups in total. The van der Waals surface area contributed by atoms with Gasteiger partial charge in [-0.1, -0.05) is 31.7 Å². The number of amides is 2. The maximum atomic E-state index is 12.3. The van der Waals surface area contributed by atoms with E-state index >= 15 is 0 Å². The van der Waals surface area contributed by atoms with Crippen LogP contribution in [0.15, 0.2) is 48.5 Å². The van der Waals surface area contributed by atoms with E-state index in [2.05, 4.69) is 34.1 Å². The standard InChI is InChI=1S/C19H18N4O2S2/c1-3-14-10-20-18(27-14)23-17(25)9-12-6-5-7-13(8-12)15-11-26-19(21-15)22-16(24)4-2/h4-8,10-11H,2-3,9H2,1H3,(H,20,23,25)(H,21,22,24). The third kappa shape index (κ3) is 5.08. The number of aryl methyl sites for hydroxylation is 1. The van der Waals surface area contributed by atoms with Crippen molar-refractivity contribution in [3.8, 4) is 11.3 Å². The van der Waals surface area contributed by atoms with Gasteiger partial charge in [0.1, 0.15) is 0 Å². The summed E-state index contributed by atoms with van der Waals surface area (Å²) in [5.41, 5.74) is 2.51. The molecule has 138 valence electrons.